The molecule has 0 unspecified atom stereocenters. The number of rotatable bonds is 0. The molecule has 38 valence electrons. The Morgan fingerprint density at radius 2 is 1.57 bits per heavy atom. The van der Waals surface area contributed by atoms with E-state index in [1.54, 1.807) is 0 Å². The van der Waals surface area contributed by atoms with E-state index in [-0.39, 0.29) is 0 Å². The molecule has 0 nitrogen and oxygen atoms in total. The molecule has 0 atom stereocenters. The molecule has 3 heteroatoms. The molecular formula is C4H4S2Se. The Balaban J connectivity index is 3.12. The summed E-state index contributed by atoms with van der Waals surface area (Å²) in [6, 6.07) is 0. The molecule has 0 aliphatic carbocycles. The SMILES string of the molecule is Sc1c[se]cc1S. The maximum atomic E-state index is 4.12. The standard InChI is InChI=1S/C4H4S2Se/c5-3-1-7-2-4(3)6/h1-2,5-6H. The molecule has 0 saturated carbocycles. The van der Waals surface area contributed by atoms with Crippen LogP contribution in [0.4, 0.5) is 0 Å². The third-order valence-corrected chi connectivity index (χ3v) is 3.88. The van der Waals surface area contributed by atoms with Crippen LogP contribution >= 0.6 is 25.3 Å². The minimum absolute atomic E-state index is 0.536. The van der Waals surface area contributed by atoms with Crippen LogP contribution in [0.2, 0.25) is 0 Å². The quantitative estimate of drug-likeness (QED) is 0.452. The van der Waals surface area contributed by atoms with E-state index in [1.165, 1.54) is 0 Å². The molecule has 1 rings (SSSR count). The van der Waals surface area contributed by atoms with Gasteiger partial charge in [-0.2, -0.15) is 0 Å². The van der Waals surface area contributed by atoms with E-state index in [1.807, 2.05) is 0 Å². The molecule has 0 aliphatic rings. The van der Waals surface area contributed by atoms with Crippen LogP contribution in [0.1, 0.15) is 0 Å². The second-order valence-corrected chi connectivity index (χ2v) is 3.67. The molecule has 0 saturated heterocycles. The summed E-state index contributed by atoms with van der Waals surface area (Å²) in [6.07, 6.45) is 0. The summed E-state index contributed by atoms with van der Waals surface area (Å²) in [7, 11) is 0. The minimum atomic E-state index is 0.536. The van der Waals surface area contributed by atoms with E-state index in [2.05, 4.69) is 35.1 Å². The zero-order chi connectivity index (χ0) is 5.28. The molecule has 0 amide bonds. The van der Waals surface area contributed by atoms with Crippen LogP contribution in [-0.2, 0) is 0 Å². The van der Waals surface area contributed by atoms with Crippen LogP contribution in [0.15, 0.2) is 19.7 Å². The number of thiol groups is 2. The monoisotopic (exact) mass is 196 g/mol. The van der Waals surface area contributed by atoms with Gasteiger partial charge in [0, 0.05) is 0 Å². The maximum absolute atomic E-state index is 4.12. The zero-order valence-electron chi connectivity index (χ0n) is 3.46. The van der Waals surface area contributed by atoms with E-state index in [4.69, 9.17) is 0 Å². The Bertz CT molecular complexity index is 142. The van der Waals surface area contributed by atoms with Gasteiger partial charge in [-0.15, -0.1) is 0 Å². The van der Waals surface area contributed by atoms with Gasteiger partial charge < -0.3 is 0 Å². The van der Waals surface area contributed by atoms with Crippen molar-refractivity contribution < 1.29 is 0 Å². The Kier molecular flexibility index (Phi) is 1.93. The van der Waals surface area contributed by atoms with Crippen molar-refractivity contribution in [2.24, 2.45) is 0 Å². The normalized spacial score (nSPS) is 9.43. The summed E-state index contributed by atoms with van der Waals surface area (Å²) in [6.45, 7) is 0. The van der Waals surface area contributed by atoms with Crippen LogP contribution in [0, 0.1) is 0 Å². The van der Waals surface area contributed by atoms with Crippen molar-refractivity contribution in [1.29, 1.82) is 0 Å². The first kappa shape index (κ1) is 5.83. The first-order chi connectivity index (χ1) is 3.30. The Morgan fingerprint density at radius 1 is 1.14 bits per heavy atom. The second-order valence-electron chi connectivity index (χ2n) is 1.14. The van der Waals surface area contributed by atoms with Crippen LogP contribution in [0.5, 0.6) is 0 Å². The first-order valence-corrected chi connectivity index (χ1v) is 4.62. The van der Waals surface area contributed by atoms with Crippen molar-refractivity contribution in [3.05, 3.63) is 9.88 Å². The number of hydrogen-bond donors (Lipinski definition) is 2. The van der Waals surface area contributed by atoms with Gasteiger partial charge in [0.25, 0.3) is 0 Å². The fourth-order valence-corrected chi connectivity index (χ4v) is 2.65. The van der Waals surface area contributed by atoms with E-state index in [0.717, 1.165) is 9.79 Å². The molecule has 7 heavy (non-hydrogen) atoms. The molecule has 0 aromatic carbocycles. The van der Waals surface area contributed by atoms with Crippen LogP contribution in [0.25, 0.3) is 0 Å². The van der Waals surface area contributed by atoms with Crippen molar-refractivity contribution in [1.82, 2.24) is 0 Å². The average Bonchev–Trinajstić information content (AvgIpc) is 1.91. The van der Waals surface area contributed by atoms with Gasteiger partial charge in [-0.1, -0.05) is 0 Å². The second kappa shape index (κ2) is 2.31. The van der Waals surface area contributed by atoms with Gasteiger partial charge in [0.15, 0.2) is 0 Å². The molecule has 1 aromatic rings. The van der Waals surface area contributed by atoms with E-state index < -0.39 is 0 Å². The summed E-state index contributed by atoms with van der Waals surface area (Å²) in [5.74, 6) is 0. The van der Waals surface area contributed by atoms with Crippen molar-refractivity contribution in [2.75, 3.05) is 0 Å². The third-order valence-electron chi connectivity index (χ3n) is 0.622. The van der Waals surface area contributed by atoms with Crippen molar-refractivity contribution in [3.8, 4) is 0 Å². The van der Waals surface area contributed by atoms with Gasteiger partial charge in [0.2, 0.25) is 0 Å². The Hall–Kier alpha value is 0.699. The van der Waals surface area contributed by atoms with Crippen molar-refractivity contribution in [2.45, 2.75) is 9.79 Å². The van der Waals surface area contributed by atoms with Gasteiger partial charge in [-0.3, -0.25) is 0 Å². The molecule has 0 bridgehead atoms. The van der Waals surface area contributed by atoms with Gasteiger partial charge in [-0.25, -0.2) is 0 Å². The van der Waals surface area contributed by atoms with Crippen molar-refractivity contribution in [3.63, 3.8) is 0 Å². The fourth-order valence-electron chi connectivity index (χ4n) is 0.284. The van der Waals surface area contributed by atoms with Gasteiger partial charge >= 0.3 is 59.4 Å². The fraction of sp³-hybridized carbons (Fsp3) is 0. The first-order valence-electron chi connectivity index (χ1n) is 1.75. The average molecular weight is 195 g/mol. The molecule has 0 fully saturated rings. The van der Waals surface area contributed by atoms with Crippen molar-refractivity contribution >= 4 is 39.8 Å². The summed E-state index contributed by atoms with van der Waals surface area (Å²) < 4.78 is 0. The van der Waals surface area contributed by atoms with Crippen LogP contribution in [-0.4, -0.2) is 14.5 Å². The molecule has 0 aliphatic heterocycles. The summed E-state index contributed by atoms with van der Waals surface area (Å²) in [4.78, 5) is 6.25. The third kappa shape index (κ3) is 1.29. The molecule has 1 aromatic heterocycles. The van der Waals surface area contributed by atoms with Crippen LogP contribution < -0.4 is 0 Å². The van der Waals surface area contributed by atoms with Gasteiger partial charge in [0.1, 0.15) is 0 Å². The van der Waals surface area contributed by atoms with Gasteiger partial charge in [-0.05, 0) is 0 Å². The summed E-state index contributed by atoms with van der Waals surface area (Å²) >= 11 is 8.77. The zero-order valence-corrected chi connectivity index (χ0v) is 6.96. The van der Waals surface area contributed by atoms with Gasteiger partial charge in [0.05, 0.1) is 0 Å². The molecular weight excluding hydrogens is 191 g/mol. The molecule has 0 spiro atoms. The van der Waals surface area contributed by atoms with E-state index in [9.17, 15) is 0 Å². The predicted molar refractivity (Wildman–Crippen MR) is 37.9 cm³/mol. The molecule has 1 heterocycles. The Labute approximate surface area is 59.5 Å². The molecule has 0 radical (unpaired) electrons. The predicted octanol–water partition coefficient (Wildman–Crippen LogP) is 1.32. The Morgan fingerprint density at radius 3 is 1.71 bits per heavy atom. The van der Waals surface area contributed by atoms with E-state index >= 15 is 0 Å². The molecule has 0 N–H and O–H groups in total. The summed E-state index contributed by atoms with van der Waals surface area (Å²) in [5.41, 5.74) is 0. The topological polar surface area (TPSA) is 0 Å². The number of hydrogen-bond acceptors (Lipinski definition) is 2. The van der Waals surface area contributed by atoms with Crippen LogP contribution in [0.3, 0.4) is 0 Å². The van der Waals surface area contributed by atoms with E-state index in [0.29, 0.717) is 14.5 Å². The summed E-state index contributed by atoms with van der Waals surface area (Å²) in [5, 5.41) is 0.